The summed E-state index contributed by atoms with van der Waals surface area (Å²) < 4.78 is 98.4. The van der Waals surface area contributed by atoms with Crippen LogP contribution in [0.1, 0.15) is 173 Å². The number of rotatable bonds is 31. The molecule has 4 amide bonds. The number of ketones is 5. The lowest BCUT2D eigenvalue weighted by atomic mass is 9.38. The first-order valence-electron chi connectivity index (χ1n) is 38.6. The number of aromatic nitrogens is 2. The average Bonchev–Trinajstić information content (AvgIpc) is 0.699. The highest BCUT2D eigenvalue weighted by Crippen LogP contribution is 2.72. The number of Topliss-reactive ketones (excluding diaryl/α,β-unsaturated/α-hetero) is 5. The first kappa shape index (κ1) is 86.7. The molecule has 0 unspecified atom stereocenters. The molecule has 0 saturated heterocycles. The first-order valence-corrected chi connectivity index (χ1v) is 42.0. The number of carbonyl (C=O) groups excluding carboxylic acids is 9. The van der Waals surface area contributed by atoms with Crippen molar-refractivity contribution in [1.82, 2.24) is 31.2 Å². The maximum Gasteiger partial charge on any atom is 0.258 e. The smallest absolute Gasteiger partial charge is 0.258 e. The van der Waals surface area contributed by atoms with Gasteiger partial charge in [-0.1, -0.05) is 82.8 Å². The zero-order chi connectivity index (χ0) is 85.4. The fraction of sp³-hybridized carbons (Fsp3) is 0.382. The quantitative estimate of drug-likeness (QED) is 0.0232. The molecule has 0 spiro atoms. The van der Waals surface area contributed by atoms with Crippen LogP contribution in [0.3, 0.4) is 0 Å². The first-order chi connectivity index (χ1) is 56.2. The molecule has 4 N–H and O–H groups in total. The van der Waals surface area contributed by atoms with E-state index in [0.717, 1.165) is 116 Å². The number of carbonyl (C=O) groups is 9. The van der Waals surface area contributed by atoms with Gasteiger partial charge in [0.2, 0.25) is 0 Å². The SMILES string of the molecule is CC(=O)Cc1ccc(C(=O)CC23CC(NC(=O)COc4ccc(Cl)c(F)c4)(C2)C3)cc1.CS(=O)(=O)c1cccc(C(=O)CC23CC(NC(=O)COc4ccc(Cl)c(F)c4)(C2)C3)c1.Cc1cc(C)c(C(=O)CC23CC(NC(=O)COc4ccc(Cl)c(F)c4)(C2)C3)cn1.Cc1cnccc1C(=O)CC12CC(NC(=O)COc3ccc(Cl)c(F)c3)(C1)C2. The number of hydrogen-bond donors (Lipinski definition) is 4. The second kappa shape index (κ2) is 34.2. The maximum absolute atomic E-state index is 13.4. The number of nitrogens with zero attached hydrogens (tertiary/aromatic N) is 2. The summed E-state index contributed by atoms with van der Waals surface area (Å²) in [5.41, 5.74) is 4.86. The minimum absolute atomic E-state index is 0.000236. The van der Waals surface area contributed by atoms with Crippen molar-refractivity contribution in [2.24, 2.45) is 21.7 Å². The van der Waals surface area contributed by atoms with E-state index in [1.54, 1.807) is 55.8 Å². The second-order valence-electron chi connectivity index (χ2n) is 34.0. The number of halogens is 8. The van der Waals surface area contributed by atoms with Gasteiger partial charge in [0.1, 0.15) is 52.1 Å². The van der Waals surface area contributed by atoms with Crippen LogP contribution in [0.5, 0.6) is 23.0 Å². The Balaban J connectivity index is 0.000000137. The van der Waals surface area contributed by atoms with Crippen LogP contribution in [0.25, 0.3) is 0 Å². The summed E-state index contributed by atoms with van der Waals surface area (Å²) in [4.78, 5) is 119. The molecule has 8 bridgehead atoms. The van der Waals surface area contributed by atoms with Crippen LogP contribution in [0.4, 0.5) is 17.6 Å². The number of benzene rings is 6. The van der Waals surface area contributed by atoms with Crippen molar-refractivity contribution in [2.45, 2.75) is 164 Å². The minimum atomic E-state index is -3.38. The third-order valence-corrected chi connectivity index (χ3v) is 25.9. The third-order valence-electron chi connectivity index (χ3n) is 23.5. The molecule has 2 heterocycles. The van der Waals surface area contributed by atoms with Crippen molar-refractivity contribution >= 4 is 109 Å². The van der Waals surface area contributed by atoms with Crippen LogP contribution in [-0.4, -0.2) is 126 Å². The van der Waals surface area contributed by atoms with Gasteiger partial charge in [0.25, 0.3) is 23.6 Å². The molecular weight excluding hydrogens is 1640 g/mol. The number of amides is 4. The Labute approximate surface area is 705 Å². The molecule has 119 heavy (non-hydrogen) atoms. The summed E-state index contributed by atoms with van der Waals surface area (Å²) in [6.07, 6.45) is 17.4. The van der Waals surface area contributed by atoms with E-state index in [1.807, 2.05) is 39.0 Å². The molecule has 21 nitrogen and oxygen atoms in total. The molecule has 8 aromatic rings. The topological polar surface area (TPSA) is 299 Å². The van der Waals surface area contributed by atoms with Gasteiger partial charge in [0, 0.05) is 131 Å². The minimum Gasteiger partial charge on any atom is -0.484 e. The molecule has 2 aromatic heterocycles. The largest absolute Gasteiger partial charge is 0.484 e. The van der Waals surface area contributed by atoms with E-state index >= 15 is 0 Å². The summed E-state index contributed by atoms with van der Waals surface area (Å²) in [6, 6.07) is 33.1. The molecule has 6 aromatic carbocycles. The lowest BCUT2D eigenvalue weighted by Gasteiger charge is -2.70. The maximum atomic E-state index is 13.4. The number of hydrogen-bond acceptors (Lipinski definition) is 17. The highest BCUT2D eigenvalue weighted by Gasteiger charge is 2.71. The average molecular weight is 1730 g/mol. The van der Waals surface area contributed by atoms with Gasteiger partial charge >= 0.3 is 0 Å². The van der Waals surface area contributed by atoms with Crippen LogP contribution in [0.2, 0.25) is 20.1 Å². The van der Waals surface area contributed by atoms with Crippen molar-refractivity contribution < 1.29 is 88.1 Å². The molecule has 12 aliphatic carbocycles. The van der Waals surface area contributed by atoms with Crippen LogP contribution < -0.4 is 40.2 Å². The van der Waals surface area contributed by atoms with E-state index in [1.165, 1.54) is 60.7 Å². The van der Waals surface area contributed by atoms with Gasteiger partial charge in [0.15, 0.2) is 59.4 Å². The highest BCUT2D eigenvalue weighted by molar-refractivity contribution is 7.90. The van der Waals surface area contributed by atoms with Crippen molar-refractivity contribution in [3.05, 3.63) is 240 Å². The van der Waals surface area contributed by atoms with Crippen molar-refractivity contribution in [1.29, 1.82) is 0 Å². The van der Waals surface area contributed by atoms with Crippen LogP contribution in [0, 0.1) is 65.7 Å². The Kier molecular flexibility index (Phi) is 24.9. The van der Waals surface area contributed by atoms with Gasteiger partial charge in [-0.2, -0.15) is 0 Å². The lowest BCUT2D eigenvalue weighted by Crippen LogP contribution is -2.75. The Morgan fingerprint density at radius 2 is 0.756 bits per heavy atom. The Bertz CT molecular complexity index is 5460. The van der Waals surface area contributed by atoms with Crippen LogP contribution >= 0.6 is 46.4 Å². The van der Waals surface area contributed by atoms with Crippen molar-refractivity contribution in [3.63, 3.8) is 0 Å². The number of nitrogens with one attached hydrogen (secondary N) is 4. The molecule has 12 aliphatic rings. The molecule has 0 radical (unpaired) electrons. The van der Waals surface area contributed by atoms with Crippen molar-refractivity contribution in [2.75, 3.05) is 32.7 Å². The van der Waals surface area contributed by atoms with Gasteiger partial charge in [-0.3, -0.25) is 53.1 Å². The van der Waals surface area contributed by atoms with E-state index in [9.17, 15) is 69.1 Å². The predicted octanol–water partition coefficient (Wildman–Crippen LogP) is 15.9. The second-order valence-corrected chi connectivity index (χ2v) is 37.6. The number of sulfone groups is 1. The fourth-order valence-electron chi connectivity index (χ4n) is 19.0. The molecule has 0 atom stereocenters. The zero-order valence-electron chi connectivity index (χ0n) is 65.7. The zero-order valence-corrected chi connectivity index (χ0v) is 69.6. The third kappa shape index (κ3) is 20.3. The van der Waals surface area contributed by atoms with Crippen molar-refractivity contribution in [3.8, 4) is 23.0 Å². The predicted molar refractivity (Wildman–Crippen MR) is 435 cm³/mol. The normalized spacial score (nSPS) is 24.0. The standard InChI is InChI=1S/C24H23ClFNO4.C22H22ClFN2O3.C22H21ClFNO5S.C21H20ClFN2O3/c1-15(28)8-16-2-4-17(5-3-16)21(29)10-23-12-24(13-23,14-23)27-22(30)11-31-18-6-7-19(25)20(26)9-18;1-13-5-14(2)25-8-16(13)19(27)7-21-10-22(11-21,12-21)26-20(28)9-29-15-3-4-17(23)18(24)6-15;1-31(28,29)16-4-2-3-14(7-16)19(26)9-21-11-22(12-21,13-21)25-20(27)10-30-15-5-6-17(23)18(24)8-15;1-13-8-24-5-4-15(13)18(26)7-20-10-21(11-20,12-20)25-19(27)9-28-14-2-3-16(22)17(23)6-14/h2-7,9H,8,10-14H2,1H3,(H,27,30);3-6,8H,7,9-12H2,1-2H3,(H,26,28);2-8H,9-13H2,1H3,(H,25,27);2-6,8H,7,9-12H2,1H3,(H,25,27). The van der Waals surface area contributed by atoms with Crippen LogP contribution in [-0.2, 0) is 40.2 Å². The molecule has 0 aliphatic heterocycles. The van der Waals surface area contributed by atoms with E-state index < -0.39 is 33.1 Å². The molecule has 624 valence electrons. The molecule has 12 saturated carbocycles. The highest BCUT2D eigenvalue weighted by atomic mass is 35.5. The Morgan fingerprint density at radius 3 is 1.08 bits per heavy atom. The van der Waals surface area contributed by atoms with Crippen LogP contribution in [0.15, 0.2) is 157 Å². The van der Waals surface area contributed by atoms with Gasteiger partial charge in [-0.15, -0.1) is 0 Å². The van der Waals surface area contributed by atoms with Gasteiger partial charge in [-0.25, -0.2) is 26.0 Å². The Morgan fingerprint density at radius 1 is 0.412 bits per heavy atom. The summed E-state index contributed by atoms with van der Waals surface area (Å²) >= 11 is 22.5. The number of pyridine rings is 2. The monoisotopic (exact) mass is 1730 g/mol. The number of ether oxygens (including phenoxy) is 4. The fourth-order valence-corrected chi connectivity index (χ4v) is 20.1. The molecule has 30 heteroatoms. The van der Waals surface area contributed by atoms with Gasteiger partial charge in [0.05, 0.1) is 25.0 Å². The molecular formula is C89H86Cl4F4N6O15S. The summed E-state index contributed by atoms with van der Waals surface area (Å²) in [6.45, 7) is 6.43. The van der Waals surface area contributed by atoms with E-state index in [4.69, 9.17) is 65.4 Å². The molecule has 20 rings (SSSR count). The van der Waals surface area contributed by atoms with Gasteiger partial charge < -0.3 is 40.2 Å². The summed E-state index contributed by atoms with van der Waals surface area (Å²) in [7, 11) is -3.38. The number of aryl methyl sites for hydroxylation is 3. The Hall–Kier alpha value is -10.1. The van der Waals surface area contributed by atoms with E-state index in [2.05, 4.69) is 31.2 Å². The summed E-state index contributed by atoms with van der Waals surface area (Å²) in [5, 5.41) is 11.9. The molecule has 12 fully saturated rings. The summed E-state index contributed by atoms with van der Waals surface area (Å²) in [5.74, 6) is -2.18. The lowest BCUT2D eigenvalue weighted by molar-refractivity contribution is -0.165. The van der Waals surface area contributed by atoms with E-state index in [0.29, 0.717) is 68.1 Å². The van der Waals surface area contributed by atoms with Gasteiger partial charge in [-0.05, 0) is 216 Å². The van der Waals surface area contributed by atoms with E-state index in [-0.39, 0.29) is 171 Å².